The second-order valence-electron chi connectivity index (χ2n) is 8.56. The summed E-state index contributed by atoms with van der Waals surface area (Å²) >= 11 is 0. The first-order valence-electron chi connectivity index (χ1n) is 11.4. The second kappa shape index (κ2) is 9.49. The van der Waals surface area contributed by atoms with Crippen LogP contribution >= 0.6 is 0 Å². The number of nitrogens with zero attached hydrogens (tertiary/aromatic N) is 1. The average Bonchev–Trinajstić information content (AvgIpc) is 3.19. The number of amides is 5. The van der Waals surface area contributed by atoms with Gasteiger partial charge in [0.15, 0.2) is 12.0 Å². The van der Waals surface area contributed by atoms with Gasteiger partial charge in [-0.25, -0.2) is 4.79 Å². The summed E-state index contributed by atoms with van der Waals surface area (Å²) in [5.41, 5.74) is 3.08. The summed E-state index contributed by atoms with van der Waals surface area (Å²) in [4.78, 5) is 50.3. The van der Waals surface area contributed by atoms with Crippen molar-refractivity contribution in [3.8, 4) is 0 Å². The number of nitrogens with one attached hydrogen (secondary N) is 3. The van der Waals surface area contributed by atoms with Crippen LogP contribution in [0.1, 0.15) is 47.2 Å². The third-order valence-corrected chi connectivity index (χ3v) is 6.18. The molecule has 0 aromatic heterocycles. The largest absolute Gasteiger partial charge is 0.463 e. The zero-order chi connectivity index (χ0) is 24.4. The van der Waals surface area contributed by atoms with Gasteiger partial charge in [0.2, 0.25) is 17.7 Å². The van der Waals surface area contributed by atoms with E-state index in [1.807, 2.05) is 18.2 Å². The number of imide groups is 1. The molecule has 0 spiro atoms. The van der Waals surface area contributed by atoms with Crippen LogP contribution in [0.3, 0.4) is 0 Å². The molecule has 1 aromatic rings. The molecule has 0 radical (unpaired) electrons. The van der Waals surface area contributed by atoms with E-state index in [0.717, 1.165) is 29.5 Å². The summed E-state index contributed by atoms with van der Waals surface area (Å²) in [5.74, 6) is -0.275. The predicted octanol–water partition coefficient (Wildman–Crippen LogP) is 2.21. The highest BCUT2D eigenvalue weighted by atomic mass is 16.6. The lowest BCUT2D eigenvalue weighted by atomic mass is 10.0. The van der Waals surface area contributed by atoms with Gasteiger partial charge in [0.05, 0.1) is 0 Å². The highest BCUT2D eigenvalue weighted by molar-refractivity contribution is 6.05. The van der Waals surface area contributed by atoms with Gasteiger partial charge in [0, 0.05) is 25.1 Å². The molecule has 4 aliphatic rings. The van der Waals surface area contributed by atoms with Gasteiger partial charge in [-0.05, 0) is 42.0 Å². The van der Waals surface area contributed by atoms with Gasteiger partial charge in [0.1, 0.15) is 12.3 Å². The van der Waals surface area contributed by atoms with Crippen LogP contribution < -0.4 is 16.0 Å². The average molecular weight is 476 g/mol. The first-order valence-corrected chi connectivity index (χ1v) is 11.4. The lowest BCUT2D eigenvalue weighted by molar-refractivity contribution is -0.136. The fourth-order valence-electron chi connectivity index (χ4n) is 4.40. The van der Waals surface area contributed by atoms with Crippen LogP contribution in [-0.4, -0.2) is 34.7 Å². The normalized spacial score (nSPS) is 21.1. The van der Waals surface area contributed by atoms with E-state index in [4.69, 9.17) is 9.47 Å². The monoisotopic (exact) mass is 476 g/mol. The molecule has 5 amide bonds. The van der Waals surface area contributed by atoms with Gasteiger partial charge < -0.3 is 19.7 Å². The Hall–Kier alpha value is -4.34. The van der Waals surface area contributed by atoms with E-state index in [1.165, 1.54) is 17.4 Å². The molecule has 3 aliphatic heterocycles. The molecule has 0 saturated carbocycles. The molecule has 5 rings (SSSR count). The van der Waals surface area contributed by atoms with Crippen LogP contribution in [-0.2, 0) is 32.2 Å². The van der Waals surface area contributed by atoms with E-state index in [-0.39, 0.29) is 37.2 Å². The summed E-state index contributed by atoms with van der Waals surface area (Å²) in [5, 5.41) is 7.67. The van der Waals surface area contributed by atoms with E-state index in [0.29, 0.717) is 17.7 Å². The van der Waals surface area contributed by atoms with Gasteiger partial charge in [-0.3, -0.25) is 25.0 Å². The van der Waals surface area contributed by atoms with Crippen LogP contribution in [0.4, 0.5) is 4.79 Å². The predicted molar refractivity (Wildman–Crippen MR) is 123 cm³/mol. The molecule has 35 heavy (non-hydrogen) atoms. The number of benzene rings is 1. The van der Waals surface area contributed by atoms with Gasteiger partial charge in [-0.15, -0.1) is 0 Å². The van der Waals surface area contributed by atoms with Crippen molar-refractivity contribution < 1.29 is 28.7 Å². The minimum absolute atomic E-state index is 0.176. The van der Waals surface area contributed by atoms with Gasteiger partial charge >= 0.3 is 6.03 Å². The van der Waals surface area contributed by atoms with Crippen LogP contribution in [0.2, 0.25) is 0 Å². The quantitative estimate of drug-likeness (QED) is 0.560. The number of allylic oxidation sites excluding steroid dienone is 4. The summed E-state index contributed by atoms with van der Waals surface area (Å²) in [6.45, 7) is 0.497. The van der Waals surface area contributed by atoms with Crippen molar-refractivity contribution in [1.29, 1.82) is 0 Å². The van der Waals surface area contributed by atoms with E-state index in [9.17, 15) is 19.2 Å². The van der Waals surface area contributed by atoms with E-state index < -0.39 is 18.0 Å². The Morgan fingerprint density at radius 3 is 2.86 bits per heavy atom. The van der Waals surface area contributed by atoms with Crippen molar-refractivity contribution in [2.75, 3.05) is 0 Å². The maximum absolute atomic E-state index is 12.8. The molecule has 1 aliphatic carbocycles. The topological polar surface area (TPSA) is 126 Å². The SMILES string of the molecule is O=C1CCC(N2Cc3cc(CNC(=O)NC4=COC=C(C5=CC=CCC5)O4)ccc3C2=O)C(=O)N1. The molecule has 10 nitrogen and oxygen atoms in total. The van der Waals surface area contributed by atoms with E-state index in [1.54, 1.807) is 12.1 Å². The van der Waals surface area contributed by atoms with Crippen LogP contribution in [0, 0.1) is 0 Å². The zero-order valence-corrected chi connectivity index (χ0v) is 18.8. The minimum Gasteiger partial charge on any atom is -0.463 e. The minimum atomic E-state index is -0.662. The van der Waals surface area contributed by atoms with Crippen LogP contribution in [0.25, 0.3) is 0 Å². The first-order chi connectivity index (χ1) is 17.0. The highest BCUT2D eigenvalue weighted by Crippen LogP contribution is 2.28. The lowest BCUT2D eigenvalue weighted by Crippen LogP contribution is -2.52. The number of ether oxygens (including phenoxy) is 2. The molecule has 1 saturated heterocycles. The van der Waals surface area contributed by atoms with Crippen molar-refractivity contribution >= 4 is 23.8 Å². The van der Waals surface area contributed by atoms with Gasteiger partial charge in [-0.1, -0.05) is 30.4 Å². The molecule has 10 heteroatoms. The summed E-state index contributed by atoms with van der Waals surface area (Å²) in [6.07, 6.45) is 11.0. The second-order valence-corrected chi connectivity index (χ2v) is 8.56. The van der Waals surface area contributed by atoms with Crippen molar-refractivity contribution in [2.24, 2.45) is 0 Å². The standard InChI is InChI=1S/C25H24N4O6/c30-21-9-8-19(23(31)27-21)29-12-17-10-15(6-7-18(17)24(29)32)11-26-25(33)28-22-14-34-13-20(35-22)16-4-2-1-3-5-16/h1-2,4,6-7,10,13-14,19H,3,5,8-9,11-12H2,(H2,26,28,33)(H,27,30,31). The number of piperidine rings is 1. The lowest BCUT2D eigenvalue weighted by Gasteiger charge is -2.29. The number of hydrogen-bond donors (Lipinski definition) is 3. The molecular formula is C25H24N4O6. The fourth-order valence-corrected chi connectivity index (χ4v) is 4.40. The molecule has 0 bridgehead atoms. The Kier molecular flexibility index (Phi) is 6.09. The summed E-state index contributed by atoms with van der Waals surface area (Å²) < 4.78 is 11.0. The molecule has 180 valence electrons. The number of urea groups is 1. The third-order valence-electron chi connectivity index (χ3n) is 6.18. The maximum Gasteiger partial charge on any atom is 0.321 e. The Balaban J connectivity index is 1.15. The Morgan fingerprint density at radius 2 is 2.06 bits per heavy atom. The third kappa shape index (κ3) is 4.81. The fraction of sp³-hybridized carbons (Fsp3) is 0.280. The first kappa shape index (κ1) is 22.5. The number of hydrogen-bond acceptors (Lipinski definition) is 6. The van der Waals surface area contributed by atoms with Crippen molar-refractivity contribution in [3.05, 3.63) is 82.9 Å². The maximum atomic E-state index is 12.8. The molecule has 1 atom stereocenters. The molecular weight excluding hydrogens is 452 g/mol. The van der Waals surface area contributed by atoms with Crippen molar-refractivity contribution in [1.82, 2.24) is 20.9 Å². The highest BCUT2D eigenvalue weighted by Gasteiger charge is 2.39. The molecule has 1 fully saturated rings. The Labute approximate surface area is 201 Å². The Morgan fingerprint density at radius 1 is 1.17 bits per heavy atom. The smallest absolute Gasteiger partial charge is 0.321 e. The molecule has 1 aromatic carbocycles. The van der Waals surface area contributed by atoms with Crippen LogP contribution in [0.5, 0.6) is 0 Å². The molecule has 1 unspecified atom stereocenters. The van der Waals surface area contributed by atoms with Gasteiger partial charge in [-0.2, -0.15) is 0 Å². The molecule has 3 N–H and O–H groups in total. The zero-order valence-electron chi connectivity index (χ0n) is 18.8. The Bertz CT molecular complexity index is 1230. The summed E-state index contributed by atoms with van der Waals surface area (Å²) in [6, 6.07) is 4.16. The number of carbonyl (C=O) groups is 4. The van der Waals surface area contributed by atoms with Gasteiger partial charge in [0.25, 0.3) is 5.91 Å². The van der Waals surface area contributed by atoms with Crippen molar-refractivity contribution in [3.63, 3.8) is 0 Å². The van der Waals surface area contributed by atoms with Crippen LogP contribution in [0.15, 0.2) is 66.2 Å². The number of fused-ring (bicyclic) bond motifs is 1. The van der Waals surface area contributed by atoms with E-state index >= 15 is 0 Å². The summed E-state index contributed by atoms with van der Waals surface area (Å²) in [7, 11) is 0. The number of rotatable bonds is 5. The van der Waals surface area contributed by atoms with Crippen molar-refractivity contribution in [2.45, 2.75) is 44.8 Å². The van der Waals surface area contributed by atoms with E-state index in [2.05, 4.69) is 22.0 Å². The molecule has 3 heterocycles. The number of carbonyl (C=O) groups excluding carboxylic acids is 4.